The van der Waals surface area contributed by atoms with Crippen molar-refractivity contribution < 1.29 is 4.79 Å². The number of carbonyl (C=O) groups is 1. The van der Waals surface area contributed by atoms with E-state index in [0.29, 0.717) is 4.88 Å². The number of carbonyl (C=O) groups excluding carboxylic acids is 1. The molecule has 8 nitrogen and oxygen atoms in total. The second-order valence-corrected chi connectivity index (χ2v) is 8.88. The summed E-state index contributed by atoms with van der Waals surface area (Å²) in [6.07, 6.45) is 7.71. The minimum atomic E-state index is -0.0241. The van der Waals surface area contributed by atoms with Crippen LogP contribution in [0.5, 0.6) is 0 Å². The summed E-state index contributed by atoms with van der Waals surface area (Å²) in [6, 6.07) is 2.22. The normalized spacial score (nSPS) is 22.6. The molecule has 9 heteroatoms. The summed E-state index contributed by atoms with van der Waals surface area (Å²) < 4.78 is 1.84. The number of piperidine rings is 1. The first kappa shape index (κ1) is 18.5. The SMILES string of the molecule is Cc1cn2nc(C3CCCCN3C(=O)c3cncs3)cc2nc1N1CCC(N)C1. The van der Waals surface area contributed by atoms with Crippen LogP contribution in [0.25, 0.3) is 5.65 Å². The van der Waals surface area contributed by atoms with Crippen LogP contribution in [-0.4, -0.2) is 56.1 Å². The van der Waals surface area contributed by atoms with Crippen LogP contribution in [0.4, 0.5) is 5.82 Å². The number of aromatic nitrogens is 4. The fourth-order valence-electron chi connectivity index (χ4n) is 4.43. The lowest BCUT2D eigenvalue weighted by molar-refractivity contribution is 0.0610. The number of anilines is 1. The van der Waals surface area contributed by atoms with Crippen LogP contribution in [0.3, 0.4) is 0 Å². The van der Waals surface area contributed by atoms with Gasteiger partial charge in [-0.25, -0.2) is 9.50 Å². The average Bonchev–Trinajstić information content (AvgIpc) is 3.47. The molecule has 2 N–H and O–H groups in total. The first-order chi connectivity index (χ1) is 14.1. The molecule has 2 saturated heterocycles. The van der Waals surface area contributed by atoms with Crippen molar-refractivity contribution in [3.63, 3.8) is 0 Å². The third-order valence-electron chi connectivity index (χ3n) is 5.90. The zero-order valence-electron chi connectivity index (χ0n) is 16.5. The molecule has 0 aliphatic carbocycles. The number of likely N-dealkylation sites (tertiary alicyclic amines) is 1. The zero-order valence-corrected chi connectivity index (χ0v) is 17.3. The van der Waals surface area contributed by atoms with Gasteiger partial charge in [-0.15, -0.1) is 11.3 Å². The Morgan fingerprint density at radius 1 is 1.28 bits per heavy atom. The van der Waals surface area contributed by atoms with Gasteiger partial charge in [0, 0.05) is 43.5 Å². The summed E-state index contributed by atoms with van der Waals surface area (Å²) in [5.41, 5.74) is 10.6. The van der Waals surface area contributed by atoms with Gasteiger partial charge < -0.3 is 15.5 Å². The second-order valence-electron chi connectivity index (χ2n) is 7.99. The highest BCUT2D eigenvalue weighted by molar-refractivity contribution is 7.11. The Hall–Kier alpha value is -2.52. The number of nitrogens with two attached hydrogens (primary N) is 1. The van der Waals surface area contributed by atoms with Crippen LogP contribution in [-0.2, 0) is 0 Å². The van der Waals surface area contributed by atoms with Crippen molar-refractivity contribution in [3.05, 3.63) is 40.1 Å². The van der Waals surface area contributed by atoms with Crippen molar-refractivity contribution in [1.82, 2.24) is 24.5 Å². The molecular weight excluding hydrogens is 386 g/mol. The lowest BCUT2D eigenvalue weighted by atomic mass is 9.99. The molecule has 3 aromatic heterocycles. The topological polar surface area (TPSA) is 92.6 Å². The van der Waals surface area contributed by atoms with Crippen molar-refractivity contribution in [2.45, 2.75) is 44.7 Å². The van der Waals surface area contributed by atoms with E-state index in [-0.39, 0.29) is 18.0 Å². The zero-order chi connectivity index (χ0) is 20.0. The minimum Gasteiger partial charge on any atom is -0.355 e. The molecule has 5 heterocycles. The van der Waals surface area contributed by atoms with Crippen LogP contribution in [0.1, 0.15) is 52.7 Å². The summed E-state index contributed by atoms with van der Waals surface area (Å²) in [6.45, 7) is 4.59. The lowest BCUT2D eigenvalue weighted by Gasteiger charge is -2.34. The predicted molar refractivity (Wildman–Crippen MR) is 112 cm³/mol. The maximum Gasteiger partial charge on any atom is 0.266 e. The standard InChI is InChI=1S/C20H25N7OS/c1-13-10-27-18(23-19(13)25-7-5-14(21)11-25)8-15(24-27)16-4-2-3-6-26(16)20(28)17-9-22-12-29-17/h8-10,12,14,16H,2-7,11,21H2,1H3. The number of nitrogens with zero attached hydrogens (tertiary/aromatic N) is 6. The molecule has 3 aromatic rings. The molecular formula is C20H25N7OS. The maximum atomic E-state index is 13.0. The Bertz CT molecular complexity index is 1030. The highest BCUT2D eigenvalue weighted by Crippen LogP contribution is 2.33. The molecule has 0 saturated carbocycles. The van der Waals surface area contributed by atoms with Crippen molar-refractivity contribution in [2.24, 2.45) is 5.73 Å². The molecule has 2 fully saturated rings. The van der Waals surface area contributed by atoms with Gasteiger partial charge in [-0.3, -0.25) is 9.78 Å². The van der Waals surface area contributed by atoms with Crippen LogP contribution >= 0.6 is 11.3 Å². The molecule has 0 radical (unpaired) electrons. The second kappa shape index (κ2) is 7.38. The summed E-state index contributed by atoms with van der Waals surface area (Å²) >= 11 is 1.39. The molecule has 29 heavy (non-hydrogen) atoms. The van der Waals surface area contributed by atoms with Crippen LogP contribution in [0.2, 0.25) is 0 Å². The quantitative estimate of drug-likeness (QED) is 0.711. The third kappa shape index (κ3) is 3.38. The van der Waals surface area contributed by atoms with E-state index in [1.807, 2.05) is 21.7 Å². The Labute approximate surface area is 173 Å². The molecule has 2 atom stereocenters. The van der Waals surface area contributed by atoms with E-state index in [2.05, 4.69) is 16.8 Å². The van der Waals surface area contributed by atoms with E-state index in [1.165, 1.54) is 11.3 Å². The molecule has 2 aliphatic heterocycles. The van der Waals surface area contributed by atoms with E-state index in [9.17, 15) is 4.79 Å². The number of hydrogen-bond donors (Lipinski definition) is 1. The summed E-state index contributed by atoms with van der Waals surface area (Å²) in [7, 11) is 0. The molecule has 2 aliphatic rings. The minimum absolute atomic E-state index is 0.0241. The monoisotopic (exact) mass is 411 g/mol. The van der Waals surface area contributed by atoms with E-state index >= 15 is 0 Å². The largest absolute Gasteiger partial charge is 0.355 e. The van der Waals surface area contributed by atoms with E-state index in [0.717, 1.165) is 68.0 Å². The van der Waals surface area contributed by atoms with Gasteiger partial charge in [0.05, 0.1) is 23.4 Å². The highest BCUT2D eigenvalue weighted by Gasteiger charge is 2.31. The Balaban J connectivity index is 1.48. The van der Waals surface area contributed by atoms with Crippen molar-refractivity contribution in [3.8, 4) is 0 Å². The van der Waals surface area contributed by atoms with Gasteiger partial charge in [0.25, 0.3) is 5.91 Å². The first-order valence-corrected chi connectivity index (χ1v) is 11.0. The van der Waals surface area contributed by atoms with Crippen molar-refractivity contribution in [1.29, 1.82) is 0 Å². The fraction of sp³-hybridized carbons (Fsp3) is 0.500. The average molecular weight is 412 g/mol. The number of fused-ring (bicyclic) bond motifs is 1. The molecule has 0 spiro atoms. The van der Waals surface area contributed by atoms with Gasteiger partial charge in [0.1, 0.15) is 10.7 Å². The van der Waals surface area contributed by atoms with Gasteiger partial charge in [-0.2, -0.15) is 5.10 Å². The van der Waals surface area contributed by atoms with Crippen molar-refractivity contribution in [2.75, 3.05) is 24.5 Å². The fourth-order valence-corrected chi connectivity index (χ4v) is 5.00. The van der Waals surface area contributed by atoms with Gasteiger partial charge >= 0.3 is 0 Å². The van der Waals surface area contributed by atoms with Gasteiger partial charge in [0.15, 0.2) is 5.65 Å². The summed E-state index contributed by atoms with van der Waals surface area (Å²) in [5, 5.41) is 4.80. The molecule has 0 aromatic carbocycles. The number of thiazole rings is 1. The smallest absolute Gasteiger partial charge is 0.266 e. The Kier molecular flexibility index (Phi) is 4.71. The number of aryl methyl sites for hydroxylation is 1. The number of hydrogen-bond acceptors (Lipinski definition) is 7. The summed E-state index contributed by atoms with van der Waals surface area (Å²) in [4.78, 5) is 26.8. The van der Waals surface area contributed by atoms with Crippen LogP contribution in [0, 0.1) is 6.92 Å². The van der Waals surface area contributed by atoms with Gasteiger partial charge in [-0.05, 0) is 32.6 Å². The highest BCUT2D eigenvalue weighted by atomic mass is 32.1. The molecule has 0 bridgehead atoms. The van der Waals surface area contributed by atoms with Gasteiger partial charge in [0.2, 0.25) is 0 Å². The maximum absolute atomic E-state index is 13.0. The lowest BCUT2D eigenvalue weighted by Crippen LogP contribution is -2.38. The molecule has 2 unspecified atom stereocenters. The summed E-state index contributed by atoms with van der Waals surface area (Å²) in [5.74, 6) is 1.03. The number of rotatable bonds is 3. The first-order valence-electron chi connectivity index (χ1n) is 10.2. The van der Waals surface area contributed by atoms with Crippen LogP contribution in [0.15, 0.2) is 24.0 Å². The van der Waals surface area contributed by atoms with E-state index in [1.54, 1.807) is 11.7 Å². The predicted octanol–water partition coefficient (Wildman–Crippen LogP) is 2.40. The van der Waals surface area contributed by atoms with Crippen molar-refractivity contribution >= 4 is 28.7 Å². The van der Waals surface area contributed by atoms with Gasteiger partial charge in [-0.1, -0.05) is 0 Å². The molecule has 5 rings (SSSR count). The van der Waals surface area contributed by atoms with E-state index < -0.39 is 0 Å². The third-order valence-corrected chi connectivity index (χ3v) is 6.66. The molecule has 152 valence electrons. The number of amides is 1. The van der Waals surface area contributed by atoms with Crippen LogP contribution < -0.4 is 10.6 Å². The Morgan fingerprint density at radius 3 is 2.93 bits per heavy atom. The molecule has 1 amide bonds. The Morgan fingerprint density at radius 2 is 2.17 bits per heavy atom. The van der Waals surface area contributed by atoms with E-state index in [4.69, 9.17) is 15.8 Å².